The Hall–Kier alpha value is -3.68. The Labute approximate surface area is 192 Å². The maximum absolute atomic E-state index is 13.0. The lowest BCUT2D eigenvalue weighted by molar-refractivity contribution is -0.130. The Balaban J connectivity index is 1.38. The number of carbonyl (C=O) groups is 4. The molecule has 0 bridgehead atoms. The number of hydrogen-bond donors (Lipinski definition) is 1. The molecule has 2 heterocycles. The summed E-state index contributed by atoms with van der Waals surface area (Å²) in [5.74, 6) is 0.0770. The Kier molecular flexibility index (Phi) is 6.18. The van der Waals surface area contributed by atoms with Gasteiger partial charge in [-0.15, -0.1) is 0 Å². The van der Waals surface area contributed by atoms with Crippen LogP contribution in [-0.4, -0.2) is 54.3 Å². The van der Waals surface area contributed by atoms with E-state index < -0.39 is 17.5 Å². The predicted octanol–water partition coefficient (Wildman–Crippen LogP) is 2.95. The maximum atomic E-state index is 13.0. The molecular formula is C25H27N3O5. The van der Waals surface area contributed by atoms with Gasteiger partial charge in [0.2, 0.25) is 5.91 Å². The zero-order chi connectivity index (χ0) is 23.6. The number of nitrogens with zero attached hydrogens (tertiary/aromatic N) is 2. The van der Waals surface area contributed by atoms with Gasteiger partial charge in [-0.25, -0.2) is 4.79 Å². The first-order valence-electron chi connectivity index (χ1n) is 11.0. The number of anilines is 1. The van der Waals surface area contributed by atoms with E-state index in [2.05, 4.69) is 5.32 Å². The number of imide groups is 1. The Morgan fingerprint density at radius 3 is 2.36 bits per heavy atom. The van der Waals surface area contributed by atoms with E-state index in [4.69, 9.17) is 4.74 Å². The van der Waals surface area contributed by atoms with Crippen LogP contribution in [0.4, 0.5) is 10.5 Å². The molecule has 4 rings (SSSR count). The molecule has 2 fully saturated rings. The van der Waals surface area contributed by atoms with Crippen molar-refractivity contribution in [3.8, 4) is 5.75 Å². The number of Topliss-reactive ketones (excluding diaryl/α,β-unsaturated/α-hetero) is 1. The van der Waals surface area contributed by atoms with Crippen molar-refractivity contribution in [1.82, 2.24) is 10.2 Å². The van der Waals surface area contributed by atoms with Gasteiger partial charge < -0.3 is 15.0 Å². The van der Waals surface area contributed by atoms with Gasteiger partial charge >= 0.3 is 6.03 Å². The lowest BCUT2D eigenvalue weighted by atomic mass is 9.93. The maximum Gasteiger partial charge on any atom is 0.325 e. The quantitative estimate of drug-likeness (QED) is 0.494. The molecule has 1 N–H and O–H groups in total. The molecule has 1 atom stereocenters. The molecule has 2 aromatic rings. The molecule has 8 heteroatoms. The number of urea groups is 1. The summed E-state index contributed by atoms with van der Waals surface area (Å²) in [6.07, 6.45) is 2.35. The summed E-state index contributed by atoms with van der Waals surface area (Å²) in [5.41, 5.74) is 1.08. The highest BCUT2D eigenvalue weighted by Crippen LogP contribution is 2.25. The number of methoxy groups -OCH3 is 1. The van der Waals surface area contributed by atoms with Crippen molar-refractivity contribution >= 4 is 29.3 Å². The van der Waals surface area contributed by atoms with Crippen molar-refractivity contribution in [1.29, 1.82) is 0 Å². The summed E-state index contributed by atoms with van der Waals surface area (Å²) in [6.45, 7) is 2.03. The molecule has 0 spiro atoms. The zero-order valence-electron chi connectivity index (χ0n) is 18.8. The van der Waals surface area contributed by atoms with Crippen LogP contribution >= 0.6 is 0 Å². The van der Waals surface area contributed by atoms with Crippen molar-refractivity contribution in [2.24, 2.45) is 0 Å². The molecule has 0 aliphatic carbocycles. The normalized spacial score (nSPS) is 20.4. The Bertz CT molecular complexity index is 1080. The second-order valence-electron chi connectivity index (χ2n) is 8.62. The number of nitrogens with one attached hydrogen (secondary N) is 1. The summed E-state index contributed by atoms with van der Waals surface area (Å²) in [5, 5.41) is 2.75. The predicted molar refractivity (Wildman–Crippen MR) is 122 cm³/mol. The minimum absolute atomic E-state index is 0.0716. The van der Waals surface area contributed by atoms with E-state index in [0.717, 1.165) is 28.3 Å². The highest BCUT2D eigenvalue weighted by atomic mass is 16.5. The van der Waals surface area contributed by atoms with E-state index in [1.807, 2.05) is 24.3 Å². The number of carbonyl (C=O) groups excluding carboxylic acids is 4. The van der Waals surface area contributed by atoms with Gasteiger partial charge in [-0.2, -0.15) is 0 Å². The van der Waals surface area contributed by atoms with Gasteiger partial charge in [-0.05, 0) is 68.1 Å². The van der Waals surface area contributed by atoms with Crippen LogP contribution < -0.4 is 15.0 Å². The lowest BCUT2D eigenvalue weighted by Gasteiger charge is -2.21. The van der Waals surface area contributed by atoms with E-state index in [1.165, 1.54) is 0 Å². The number of rotatable bonds is 8. The molecule has 8 nitrogen and oxygen atoms in total. The molecule has 2 aliphatic heterocycles. The molecular weight excluding hydrogens is 422 g/mol. The van der Waals surface area contributed by atoms with Crippen LogP contribution in [0.15, 0.2) is 48.5 Å². The molecule has 2 saturated heterocycles. The second kappa shape index (κ2) is 9.05. The first kappa shape index (κ1) is 22.5. The van der Waals surface area contributed by atoms with Crippen LogP contribution in [0.25, 0.3) is 0 Å². The minimum Gasteiger partial charge on any atom is -0.497 e. The molecule has 0 saturated carbocycles. The van der Waals surface area contributed by atoms with Crippen LogP contribution in [-0.2, 0) is 16.0 Å². The number of hydrogen-bond acceptors (Lipinski definition) is 5. The summed E-state index contributed by atoms with van der Waals surface area (Å²) < 4.78 is 5.16. The molecule has 0 aromatic heterocycles. The average molecular weight is 450 g/mol. The fourth-order valence-electron chi connectivity index (χ4n) is 4.23. The first-order chi connectivity index (χ1) is 15.8. The summed E-state index contributed by atoms with van der Waals surface area (Å²) in [4.78, 5) is 52.9. The van der Waals surface area contributed by atoms with Gasteiger partial charge in [0, 0.05) is 24.2 Å². The highest BCUT2D eigenvalue weighted by molar-refractivity contribution is 6.11. The van der Waals surface area contributed by atoms with Crippen LogP contribution in [0.3, 0.4) is 0 Å². The van der Waals surface area contributed by atoms with E-state index in [0.29, 0.717) is 31.4 Å². The topological polar surface area (TPSA) is 96.0 Å². The van der Waals surface area contributed by atoms with Gasteiger partial charge in [0.15, 0.2) is 5.78 Å². The van der Waals surface area contributed by atoms with Crippen molar-refractivity contribution in [3.05, 3.63) is 59.7 Å². The van der Waals surface area contributed by atoms with E-state index in [9.17, 15) is 19.2 Å². The average Bonchev–Trinajstić information content (AvgIpc) is 3.34. The molecule has 4 amide bonds. The van der Waals surface area contributed by atoms with Gasteiger partial charge in [0.05, 0.1) is 13.7 Å². The zero-order valence-corrected chi connectivity index (χ0v) is 18.8. The molecule has 172 valence electrons. The van der Waals surface area contributed by atoms with E-state index >= 15 is 0 Å². The van der Waals surface area contributed by atoms with Crippen LogP contribution in [0.2, 0.25) is 0 Å². The lowest BCUT2D eigenvalue weighted by Crippen LogP contribution is -2.44. The summed E-state index contributed by atoms with van der Waals surface area (Å²) in [6, 6.07) is 13.7. The molecule has 0 radical (unpaired) electrons. The Morgan fingerprint density at radius 1 is 1.06 bits per heavy atom. The fraction of sp³-hybridized carbons (Fsp3) is 0.360. The fourth-order valence-corrected chi connectivity index (χ4v) is 4.23. The summed E-state index contributed by atoms with van der Waals surface area (Å²) in [7, 11) is 1.60. The number of benzene rings is 2. The molecule has 2 aliphatic rings. The minimum atomic E-state index is -1.07. The standard InChI is InChI=1S/C25H27N3O5/c1-25(14-13-17-5-11-20(33-2)12-6-17)23(31)28(24(32)26-25)16-21(29)18-7-9-19(10-8-18)27-15-3-4-22(27)30/h5-12H,3-4,13-16H2,1-2H3,(H,26,32)/t25-/m0/s1. The molecule has 0 unspecified atom stereocenters. The summed E-state index contributed by atoms with van der Waals surface area (Å²) >= 11 is 0. The number of aryl methyl sites for hydroxylation is 1. The van der Waals surface area contributed by atoms with Crippen molar-refractivity contribution in [2.45, 2.75) is 38.1 Å². The second-order valence-corrected chi connectivity index (χ2v) is 8.62. The van der Waals surface area contributed by atoms with Crippen molar-refractivity contribution in [2.75, 3.05) is 25.1 Å². The monoisotopic (exact) mass is 449 g/mol. The number of ketones is 1. The number of ether oxygens (including phenoxy) is 1. The van der Waals surface area contributed by atoms with Crippen LogP contribution in [0.5, 0.6) is 5.75 Å². The van der Waals surface area contributed by atoms with Gasteiger partial charge in [-0.1, -0.05) is 12.1 Å². The SMILES string of the molecule is COc1ccc(CC[C@]2(C)NC(=O)N(CC(=O)c3ccc(N4CCCC4=O)cc3)C2=O)cc1. The molecule has 2 aromatic carbocycles. The first-order valence-corrected chi connectivity index (χ1v) is 11.0. The highest BCUT2D eigenvalue weighted by Gasteiger charge is 2.47. The third-order valence-electron chi connectivity index (χ3n) is 6.29. The van der Waals surface area contributed by atoms with Gasteiger partial charge in [0.1, 0.15) is 11.3 Å². The molecule has 33 heavy (non-hydrogen) atoms. The Morgan fingerprint density at radius 2 is 1.76 bits per heavy atom. The van der Waals surface area contributed by atoms with Crippen molar-refractivity contribution < 1.29 is 23.9 Å². The van der Waals surface area contributed by atoms with Gasteiger partial charge in [0.25, 0.3) is 5.91 Å². The van der Waals surface area contributed by atoms with E-state index in [1.54, 1.807) is 43.2 Å². The third kappa shape index (κ3) is 4.60. The van der Waals surface area contributed by atoms with E-state index in [-0.39, 0.29) is 18.2 Å². The van der Waals surface area contributed by atoms with Crippen molar-refractivity contribution in [3.63, 3.8) is 0 Å². The number of amides is 4. The van der Waals surface area contributed by atoms with Crippen LogP contribution in [0.1, 0.15) is 42.1 Å². The smallest absolute Gasteiger partial charge is 0.325 e. The van der Waals surface area contributed by atoms with Gasteiger partial charge in [-0.3, -0.25) is 19.3 Å². The third-order valence-corrected chi connectivity index (χ3v) is 6.29. The largest absolute Gasteiger partial charge is 0.497 e. The van der Waals surface area contributed by atoms with Crippen LogP contribution in [0, 0.1) is 0 Å².